The first-order valence-electron chi connectivity index (χ1n) is 2.37. The third kappa shape index (κ3) is 2.10. The molecule has 1 aromatic heterocycles. The fourth-order valence-electron chi connectivity index (χ4n) is 0.439. The summed E-state index contributed by atoms with van der Waals surface area (Å²) in [6, 6.07) is 1.85. The van der Waals surface area contributed by atoms with Gasteiger partial charge in [-0.3, -0.25) is 0 Å². The zero-order chi connectivity index (χ0) is 5.11. The monoisotopic (exact) mass is 184 g/mol. The Balaban J connectivity index is 0.000000490. The van der Waals surface area contributed by atoms with Crippen LogP contribution in [-0.2, 0) is 39.1 Å². The van der Waals surface area contributed by atoms with E-state index < -0.39 is 0 Å². The van der Waals surface area contributed by atoms with Gasteiger partial charge in [0, 0.05) is 32.7 Å². The fraction of sp³-hybridized carbons (Fsp3) is 0.333. The second-order valence-electron chi connectivity index (χ2n) is 1.43. The number of hydrogen-bond acceptors (Lipinski definition) is 1. The Morgan fingerprint density at radius 2 is 2.50 bits per heavy atom. The molecule has 0 aliphatic rings. The molecule has 0 N–H and O–H groups in total. The van der Waals surface area contributed by atoms with E-state index in [-0.39, 0.29) is 32.7 Å². The number of furan rings is 1. The predicted molar refractivity (Wildman–Crippen MR) is 26.9 cm³/mol. The van der Waals surface area contributed by atoms with E-state index in [1.54, 1.807) is 6.26 Å². The molecule has 2 heteroatoms. The first kappa shape index (κ1) is 8.38. The maximum atomic E-state index is 4.68. The minimum absolute atomic E-state index is 0. The van der Waals surface area contributed by atoms with E-state index in [0.29, 0.717) is 0 Å². The van der Waals surface area contributed by atoms with Crippen molar-refractivity contribution < 1.29 is 37.1 Å². The molecule has 0 saturated carbocycles. The first-order valence-corrected chi connectivity index (χ1v) is 2.37. The summed E-state index contributed by atoms with van der Waals surface area (Å²) in [4.78, 5) is 0. The zero-order valence-electron chi connectivity index (χ0n) is 4.85. The molecule has 0 saturated heterocycles. The van der Waals surface area contributed by atoms with Crippen LogP contribution >= 0.6 is 0 Å². The summed E-state index contributed by atoms with van der Waals surface area (Å²) in [6.07, 6.45) is 5.35. The molecule has 0 aliphatic heterocycles. The van der Waals surface area contributed by atoms with Gasteiger partial charge in [0.15, 0.2) is 0 Å². The van der Waals surface area contributed by atoms with Crippen molar-refractivity contribution in [2.24, 2.45) is 0 Å². The topological polar surface area (TPSA) is 13.1 Å². The Morgan fingerprint density at radius 1 is 1.75 bits per heavy atom. The van der Waals surface area contributed by atoms with Crippen LogP contribution < -0.4 is 0 Å². The summed E-state index contributed by atoms with van der Waals surface area (Å²) in [7, 11) is 0. The number of aryl methyl sites for hydroxylation is 1. The molecule has 0 aliphatic carbocycles. The Morgan fingerprint density at radius 3 is 2.75 bits per heavy atom. The van der Waals surface area contributed by atoms with Crippen molar-refractivity contribution in [1.82, 2.24) is 0 Å². The molecule has 0 bridgehead atoms. The second-order valence-corrected chi connectivity index (χ2v) is 1.43. The minimum atomic E-state index is 0. The molecule has 1 nitrogen and oxygen atoms in total. The number of hydrogen-bond donors (Lipinski definition) is 0. The molecule has 1 rings (SSSR count). The smallest absolute Gasteiger partial charge is 0 e. The Hall–Kier alpha value is 0.384. The number of rotatable bonds is 1. The van der Waals surface area contributed by atoms with Crippen molar-refractivity contribution in [1.29, 1.82) is 0 Å². The van der Waals surface area contributed by atoms with Gasteiger partial charge in [-0.25, -0.2) is 0 Å². The van der Waals surface area contributed by atoms with Gasteiger partial charge < -0.3 is 4.42 Å². The maximum absolute atomic E-state index is 4.68. The van der Waals surface area contributed by atoms with Gasteiger partial charge in [-0.2, -0.15) is 5.56 Å². The van der Waals surface area contributed by atoms with E-state index in [2.05, 4.69) is 17.6 Å². The first-order chi connectivity index (χ1) is 3.43. The Bertz CT molecular complexity index is 123. The van der Waals surface area contributed by atoms with E-state index in [1.165, 1.54) is 5.56 Å². The summed E-state index contributed by atoms with van der Waals surface area (Å²) in [6.45, 7) is 2.08. The van der Waals surface area contributed by atoms with Gasteiger partial charge in [0.1, 0.15) is 0 Å². The van der Waals surface area contributed by atoms with Crippen LogP contribution in [0.1, 0.15) is 12.5 Å². The third-order valence-electron chi connectivity index (χ3n) is 0.931. The summed E-state index contributed by atoms with van der Waals surface area (Å²) in [5.41, 5.74) is 1.21. The third-order valence-corrected chi connectivity index (χ3v) is 0.931. The van der Waals surface area contributed by atoms with E-state index in [9.17, 15) is 0 Å². The molecular formula is C6H7OY-. The average Bonchev–Trinajstić information content (AvgIpc) is 2.14. The largest absolute Gasteiger partial charge is 0.599 e. The van der Waals surface area contributed by atoms with Gasteiger partial charge in [-0.15, -0.1) is 6.07 Å². The molecule has 0 aromatic carbocycles. The average molecular weight is 184 g/mol. The molecule has 1 radical (unpaired) electrons. The molecule has 0 atom stereocenters. The van der Waals surface area contributed by atoms with Gasteiger partial charge in [-0.1, -0.05) is 19.6 Å². The summed E-state index contributed by atoms with van der Waals surface area (Å²) in [5.74, 6) is 0. The summed E-state index contributed by atoms with van der Waals surface area (Å²) >= 11 is 0. The van der Waals surface area contributed by atoms with Crippen LogP contribution in [0.5, 0.6) is 0 Å². The van der Waals surface area contributed by atoms with Gasteiger partial charge in [0.25, 0.3) is 0 Å². The molecule has 0 unspecified atom stereocenters. The predicted octanol–water partition coefficient (Wildman–Crippen LogP) is 1.64. The quantitative estimate of drug-likeness (QED) is 0.604. The van der Waals surface area contributed by atoms with Crippen LogP contribution in [0, 0.1) is 6.26 Å². The van der Waals surface area contributed by atoms with Crippen molar-refractivity contribution >= 4 is 0 Å². The summed E-state index contributed by atoms with van der Waals surface area (Å²) in [5, 5.41) is 0. The normalized spacial score (nSPS) is 8.12. The minimum Gasteiger partial charge on any atom is -0.599 e. The van der Waals surface area contributed by atoms with Crippen LogP contribution in [0.25, 0.3) is 0 Å². The van der Waals surface area contributed by atoms with Crippen molar-refractivity contribution in [2.75, 3.05) is 0 Å². The molecule has 0 spiro atoms. The van der Waals surface area contributed by atoms with Crippen molar-refractivity contribution in [2.45, 2.75) is 13.3 Å². The van der Waals surface area contributed by atoms with Gasteiger partial charge in [0.2, 0.25) is 0 Å². The summed E-state index contributed by atoms with van der Waals surface area (Å²) < 4.78 is 4.68. The van der Waals surface area contributed by atoms with Crippen LogP contribution in [0.15, 0.2) is 16.7 Å². The molecule has 0 fully saturated rings. The van der Waals surface area contributed by atoms with Crippen LogP contribution in [0.3, 0.4) is 0 Å². The van der Waals surface area contributed by atoms with Crippen molar-refractivity contribution in [3.63, 3.8) is 0 Å². The second kappa shape index (κ2) is 4.28. The molecule has 8 heavy (non-hydrogen) atoms. The zero-order valence-corrected chi connectivity index (χ0v) is 7.69. The van der Waals surface area contributed by atoms with E-state index >= 15 is 0 Å². The van der Waals surface area contributed by atoms with E-state index in [0.717, 1.165) is 6.42 Å². The van der Waals surface area contributed by atoms with E-state index in [4.69, 9.17) is 0 Å². The van der Waals surface area contributed by atoms with Crippen LogP contribution in [0.2, 0.25) is 0 Å². The van der Waals surface area contributed by atoms with Gasteiger partial charge >= 0.3 is 0 Å². The van der Waals surface area contributed by atoms with Gasteiger partial charge in [0.05, 0.1) is 0 Å². The van der Waals surface area contributed by atoms with E-state index in [1.807, 2.05) is 6.07 Å². The maximum Gasteiger partial charge on any atom is 0 e. The van der Waals surface area contributed by atoms with Crippen molar-refractivity contribution in [3.05, 3.63) is 24.2 Å². The standard InChI is InChI=1S/C6H7O.Y/c1-2-6-3-4-7-5-6;/h3,5H,2H2,1H3;/q-1;. The molecule has 1 aromatic rings. The van der Waals surface area contributed by atoms with Crippen LogP contribution in [0.4, 0.5) is 0 Å². The molecule has 1 heterocycles. The Labute approximate surface area is 74.3 Å². The Kier molecular flexibility index (Phi) is 4.49. The molecular weight excluding hydrogens is 177 g/mol. The molecule has 41 valence electrons. The fourth-order valence-corrected chi connectivity index (χ4v) is 0.439. The molecule has 0 amide bonds. The SMILES string of the molecule is CCc1c[c-]oc1.[Y]. The van der Waals surface area contributed by atoms with Gasteiger partial charge in [-0.05, 0) is 6.26 Å². The van der Waals surface area contributed by atoms with Crippen molar-refractivity contribution in [3.8, 4) is 0 Å². The van der Waals surface area contributed by atoms with Crippen LogP contribution in [-0.4, -0.2) is 0 Å².